The van der Waals surface area contributed by atoms with Gasteiger partial charge in [-0.25, -0.2) is 9.97 Å². The van der Waals surface area contributed by atoms with E-state index in [1.165, 1.54) is 0 Å². The highest BCUT2D eigenvalue weighted by Crippen LogP contribution is 2.29. The summed E-state index contributed by atoms with van der Waals surface area (Å²) in [6, 6.07) is 1.96. The van der Waals surface area contributed by atoms with Gasteiger partial charge in [-0.2, -0.15) is 0 Å². The summed E-state index contributed by atoms with van der Waals surface area (Å²) >= 11 is 6.21. The third kappa shape index (κ3) is 1.80. The molecule has 0 bridgehead atoms. The molecule has 0 N–H and O–H groups in total. The zero-order valence-electron chi connectivity index (χ0n) is 9.57. The van der Waals surface area contributed by atoms with Gasteiger partial charge in [-0.15, -0.1) is 0 Å². The molecular formula is C13H12ClN3. The molecule has 0 radical (unpaired) electrons. The van der Waals surface area contributed by atoms with E-state index in [1.807, 2.05) is 13.0 Å². The molecule has 1 aliphatic carbocycles. The van der Waals surface area contributed by atoms with Crippen LogP contribution < -0.4 is 0 Å². The molecule has 86 valence electrons. The second-order valence-corrected chi connectivity index (χ2v) is 4.67. The molecule has 1 aliphatic rings. The standard InChI is InChI=1S/C13H12ClN3/c1-8-5-6-15-7-10(8)13-16-11-4-2-3-9(11)12(14)17-13/h5-7H,2-4H2,1H3. The van der Waals surface area contributed by atoms with Crippen LogP contribution in [0.15, 0.2) is 18.5 Å². The van der Waals surface area contributed by atoms with Crippen molar-refractivity contribution in [3.63, 3.8) is 0 Å². The lowest BCUT2D eigenvalue weighted by Gasteiger charge is -2.07. The molecule has 0 saturated heterocycles. The largest absolute Gasteiger partial charge is 0.264 e. The minimum absolute atomic E-state index is 0.603. The summed E-state index contributed by atoms with van der Waals surface area (Å²) in [5.74, 6) is 0.696. The van der Waals surface area contributed by atoms with Crippen LogP contribution in [0.3, 0.4) is 0 Å². The van der Waals surface area contributed by atoms with Crippen LogP contribution >= 0.6 is 11.6 Å². The molecule has 3 nitrogen and oxygen atoms in total. The average Bonchev–Trinajstić information content (AvgIpc) is 2.78. The van der Waals surface area contributed by atoms with Crippen LogP contribution in [0.25, 0.3) is 11.4 Å². The number of pyridine rings is 1. The SMILES string of the molecule is Cc1ccncc1-c1nc(Cl)c2c(n1)CCC2. The van der Waals surface area contributed by atoms with E-state index in [0.29, 0.717) is 11.0 Å². The second kappa shape index (κ2) is 4.08. The Labute approximate surface area is 105 Å². The van der Waals surface area contributed by atoms with E-state index in [-0.39, 0.29) is 0 Å². The van der Waals surface area contributed by atoms with E-state index in [2.05, 4.69) is 15.0 Å². The van der Waals surface area contributed by atoms with Crippen LogP contribution in [-0.4, -0.2) is 15.0 Å². The molecule has 0 saturated carbocycles. The van der Waals surface area contributed by atoms with Crippen LogP contribution in [0.4, 0.5) is 0 Å². The lowest BCUT2D eigenvalue weighted by Crippen LogP contribution is -1.98. The first kappa shape index (κ1) is 10.7. The topological polar surface area (TPSA) is 38.7 Å². The molecule has 2 heterocycles. The maximum atomic E-state index is 6.21. The van der Waals surface area contributed by atoms with Crippen molar-refractivity contribution in [1.29, 1.82) is 0 Å². The number of nitrogens with zero attached hydrogens (tertiary/aromatic N) is 3. The van der Waals surface area contributed by atoms with E-state index < -0.39 is 0 Å². The van der Waals surface area contributed by atoms with E-state index in [0.717, 1.165) is 41.6 Å². The third-order valence-corrected chi connectivity index (χ3v) is 3.48. The van der Waals surface area contributed by atoms with Crippen molar-refractivity contribution < 1.29 is 0 Å². The normalized spacial score (nSPS) is 13.8. The Hall–Kier alpha value is -1.48. The van der Waals surface area contributed by atoms with Gasteiger partial charge in [0, 0.05) is 29.2 Å². The molecule has 0 unspecified atom stereocenters. The van der Waals surface area contributed by atoms with Gasteiger partial charge in [0.25, 0.3) is 0 Å². The number of hydrogen-bond acceptors (Lipinski definition) is 3. The number of fused-ring (bicyclic) bond motifs is 1. The zero-order chi connectivity index (χ0) is 11.8. The number of rotatable bonds is 1. The molecule has 0 aliphatic heterocycles. The first-order chi connectivity index (χ1) is 8.25. The van der Waals surface area contributed by atoms with Crippen molar-refractivity contribution in [3.05, 3.63) is 40.4 Å². The Bertz CT molecular complexity index is 581. The lowest BCUT2D eigenvalue weighted by molar-refractivity contribution is 0.900. The zero-order valence-corrected chi connectivity index (χ0v) is 10.3. The summed E-state index contributed by atoms with van der Waals surface area (Å²) in [4.78, 5) is 13.1. The van der Waals surface area contributed by atoms with Crippen molar-refractivity contribution in [3.8, 4) is 11.4 Å². The fourth-order valence-corrected chi connectivity index (χ4v) is 2.49. The summed E-state index contributed by atoms with van der Waals surface area (Å²) in [7, 11) is 0. The lowest BCUT2D eigenvalue weighted by atomic mass is 10.1. The van der Waals surface area contributed by atoms with Crippen LogP contribution in [-0.2, 0) is 12.8 Å². The third-order valence-electron chi connectivity index (χ3n) is 3.16. The Morgan fingerprint density at radius 3 is 2.94 bits per heavy atom. The quantitative estimate of drug-likeness (QED) is 0.725. The van der Waals surface area contributed by atoms with Gasteiger partial charge in [-0.1, -0.05) is 11.6 Å². The fraction of sp³-hybridized carbons (Fsp3) is 0.308. The van der Waals surface area contributed by atoms with Crippen molar-refractivity contribution in [1.82, 2.24) is 15.0 Å². The summed E-state index contributed by atoms with van der Waals surface area (Å²) in [6.45, 7) is 2.03. The molecule has 3 rings (SSSR count). The summed E-state index contributed by atoms with van der Waals surface area (Å²) in [6.07, 6.45) is 6.69. The first-order valence-electron chi connectivity index (χ1n) is 5.72. The monoisotopic (exact) mass is 245 g/mol. The minimum atomic E-state index is 0.603. The van der Waals surface area contributed by atoms with E-state index in [9.17, 15) is 0 Å². The van der Waals surface area contributed by atoms with Crippen molar-refractivity contribution in [2.45, 2.75) is 26.2 Å². The fourth-order valence-electron chi connectivity index (χ4n) is 2.21. The molecule has 0 aromatic carbocycles. The van der Waals surface area contributed by atoms with Gasteiger partial charge < -0.3 is 0 Å². The van der Waals surface area contributed by atoms with Gasteiger partial charge in [0.1, 0.15) is 5.15 Å². The molecule has 0 atom stereocenters. The highest BCUT2D eigenvalue weighted by molar-refractivity contribution is 6.30. The Kier molecular flexibility index (Phi) is 2.56. The number of aryl methyl sites for hydroxylation is 2. The van der Waals surface area contributed by atoms with Gasteiger partial charge in [0.05, 0.1) is 0 Å². The maximum Gasteiger partial charge on any atom is 0.162 e. The average molecular weight is 246 g/mol. The smallest absolute Gasteiger partial charge is 0.162 e. The molecular weight excluding hydrogens is 234 g/mol. The van der Waals surface area contributed by atoms with Gasteiger partial charge in [0.2, 0.25) is 0 Å². The van der Waals surface area contributed by atoms with Crippen LogP contribution in [0.1, 0.15) is 23.2 Å². The summed E-state index contributed by atoms with van der Waals surface area (Å²) in [5.41, 5.74) is 4.30. The first-order valence-corrected chi connectivity index (χ1v) is 6.10. The van der Waals surface area contributed by atoms with Gasteiger partial charge >= 0.3 is 0 Å². The summed E-state index contributed by atoms with van der Waals surface area (Å²) < 4.78 is 0. The Morgan fingerprint density at radius 2 is 2.12 bits per heavy atom. The van der Waals surface area contributed by atoms with Crippen LogP contribution in [0, 0.1) is 6.92 Å². The molecule has 0 fully saturated rings. The predicted octanol–water partition coefficient (Wildman–Crippen LogP) is 2.99. The van der Waals surface area contributed by atoms with Gasteiger partial charge in [0.15, 0.2) is 5.82 Å². The maximum absolute atomic E-state index is 6.21. The van der Waals surface area contributed by atoms with E-state index in [1.54, 1.807) is 12.4 Å². The van der Waals surface area contributed by atoms with Crippen molar-refractivity contribution in [2.75, 3.05) is 0 Å². The minimum Gasteiger partial charge on any atom is -0.264 e. The molecule has 4 heteroatoms. The van der Waals surface area contributed by atoms with Crippen molar-refractivity contribution >= 4 is 11.6 Å². The molecule has 17 heavy (non-hydrogen) atoms. The Morgan fingerprint density at radius 1 is 1.24 bits per heavy atom. The molecule has 2 aromatic heterocycles. The molecule has 0 spiro atoms. The van der Waals surface area contributed by atoms with Gasteiger partial charge in [-0.3, -0.25) is 4.98 Å². The number of aromatic nitrogens is 3. The van der Waals surface area contributed by atoms with Crippen LogP contribution in [0.5, 0.6) is 0 Å². The highest BCUT2D eigenvalue weighted by Gasteiger charge is 2.19. The molecule has 2 aromatic rings. The predicted molar refractivity (Wildman–Crippen MR) is 67.0 cm³/mol. The van der Waals surface area contributed by atoms with Crippen molar-refractivity contribution in [2.24, 2.45) is 0 Å². The van der Waals surface area contributed by atoms with Crippen LogP contribution in [0.2, 0.25) is 5.15 Å². The van der Waals surface area contributed by atoms with Gasteiger partial charge in [-0.05, 0) is 37.8 Å². The van der Waals surface area contributed by atoms with E-state index >= 15 is 0 Å². The second-order valence-electron chi connectivity index (χ2n) is 4.31. The summed E-state index contributed by atoms with van der Waals surface area (Å²) in [5, 5.41) is 0.603. The molecule has 0 amide bonds. The highest BCUT2D eigenvalue weighted by atomic mass is 35.5. The van der Waals surface area contributed by atoms with E-state index in [4.69, 9.17) is 11.6 Å². The number of halogens is 1. The number of hydrogen-bond donors (Lipinski definition) is 0. The Balaban J connectivity index is 2.17.